The van der Waals surface area contributed by atoms with E-state index in [-0.39, 0.29) is 0 Å². The molecule has 1 nitrogen and oxygen atoms in total. The summed E-state index contributed by atoms with van der Waals surface area (Å²) in [5, 5.41) is 4.30. The van der Waals surface area contributed by atoms with Crippen molar-refractivity contribution in [3.63, 3.8) is 0 Å². The number of rotatable bonds is 4. The molecule has 2 atom stereocenters. The number of hydrogen-bond donors (Lipinski definition) is 1. The van der Waals surface area contributed by atoms with E-state index in [2.05, 4.69) is 62.1 Å². The summed E-state index contributed by atoms with van der Waals surface area (Å²) in [7, 11) is 0. The third-order valence-corrected chi connectivity index (χ3v) is 5.35. The molecule has 1 heterocycles. The summed E-state index contributed by atoms with van der Waals surface area (Å²) in [5.41, 5.74) is 1.47. The van der Waals surface area contributed by atoms with Gasteiger partial charge in [0.05, 0.1) is 0 Å². The maximum Gasteiger partial charge on any atom is 0.0133 e. The highest BCUT2D eigenvalue weighted by Crippen LogP contribution is 2.32. The summed E-state index contributed by atoms with van der Waals surface area (Å²) >= 11 is 2.07. The molecule has 1 aliphatic rings. The molecule has 0 saturated carbocycles. The summed E-state index contributed by atoms with van der Waals surface area (Å²) in [6, 6.07) is 9.24. The molecule has 1 fully saturated rings. The maximum absolute atomic E-state index is 3.53. The fourth-order valence-corrected chi connectivity index (χ4v) is 3.96. The lowest BCUT2D eigenvalue weighted by Crippen LogP contribution is -2.23. The first kappa shape index (κ1) is 14.9. The second-order valence-corrected chi connectivity index (χ2v) is 7.53. The van der Waals surface area contributed by atoms with Crippen LogP contribution in [0.4, 0.5) is 0 Å². The predicted octanol–water partition coefficient (Wildman–Crippen LogP) is 4.37. The number of hydrogen-bond acceptors (Lipinski definition) is 2. The molecule has 1 aromatic rings. The van der Waals surface area contributed by atoms with Crippen LogP contribution < -0.4 is 5.32 Å². The largest absolute Gasteiger partial charge is 0.316 e. The Kier molecular flexibility index (Phi) is 5.77. The molecule has 1 saturated heterocycles. The van der Waals surface area contributed by atoms with E-state index in [0.29, 0.717) is 0 Å². The van der Waals surface area contributed by atoms with Crippen LogP contribution in [-0.2, 0) is 6.42 Å². The Morgan fingerprint density at radius 3 is 2.68 bits per heavy atom. The third-order valence-electron chi connectivity index (χ3n) is 3.80. The highest BCUT2D eigenvalue weighted by molar-refractivity contribution is 8.00. The average molecular weight is 277 g/mol. The fraction of sp³-hybridized carbons (Fsp3) is 0.647. The molecule has 0 spiro atoms. The van der Waals surface area contributed by atoms with Gasteiger partial charge in [-0.1, -0.05) is 32.9 Å². The predicted molar refractivity (Wildman–Crippen MR) is 85.9 cm³/mol. The molecule has 1 aromatic carbocycles. The molecule has 2 rings (SSSR count). The molecule has 2 heteroatoms. The van der Waals surface area contributed by atoms with Crippen LogP contribution in [0.2, 0.25) is 0 Å². The molecule has 2 unspecified atom stereocenters. The Balaban J connectivity index is 1.94. The second kappa shape index (κ2) is 7.35. The van der Waals surface area contributed by atoms with Crippen molar-refractivity contribution in [2.45, 2.75) is 50.2 Å². The smallest absolute Gasteiger partial charge is 0.0133 e. The molecule has 0 amide bonds. The van der Waals surface area contributed by atoms with E-state index >= 15 is 0 Å². The van der Waals surface area contributed by atoms with Crippen LogP contribution in [0.1, 0.15) is 39.2 Å². The lowest BCUT2D eigenvalue weighted by Gasteiger charge is -2.20. The van der Waals surface area contributed by atoms with Crippen molar-refractivity contribution >= 4 is 11.8 Å². The summed E-state index contributed by atoms with van der Waals surface area (Å²) in [5.74, 6) is 1.51. The lowest BCUT2D eigenvalue weighted by molar-refractivity contribution is 0.538. The zero-order chi connectivity index (χ0) is 13.7. The molecule has 0 bridgehead atoms. The Hall–Kier alpha value is -0.470. The molecule has 0 aromatic heterocycles. The van der Waals surface area contributed by atoms with E-state index in [1.54, 1.807) is 0 Å². The minimum absolute atomic E-state index is 0.742. The first-order valence-corrected chi connectivity index (χ1v) is 8.49. The highest BCUT2D eigenvalue weighted by Gasteiger charge is 2.20. The van der Waals surface area contributed by atoms with E-state index < -0.39 is 0 Å². The molecule has 0 radical (unpaired) electrons. The van der Waals surface area contributed by atoms with Crippen molar-refractivity contribution in [3.05, 3.63) is 29.8 Å². The summed E-state index contributed by atoms with van der Waals surface area (Å²) in [4.78, 5) is 1.44. The fourth-order valence-electron chi connectivity index (χ4n) is 2.70. The van der Waals surface area contributed by atoms with E-state index in [1.807, 2.05) is 0 Å². The normalized spacial score (nSPS) is 24.4. The average Bonchev–Trinajstić information content (AvgIpc) is 2.57. The zero-order valence-corrected chi connectivity index (χ0v) is 13.3. The molecule has 19 heavy (non-hydrogen) atoms. The molecule has 106 valence electrons. The number of thioether (sulfide) groups is 1. The highest BCUT2D eigenvalue weighted by atomic mass is 32.2. The molecule has 1 aliphatic heterocycles. The van der Waals surface area contributed by atoms with Crippen molar-refractivity contribution in [2.24, 2.45) is 11.8 Å². The van der Waals surface area contributed by atoms with Crippen molar-refractivity contribution in [3.8, 4) is 0 Å². The van der Waals surface area contributed by atoms with Gasteiger partial charge < -0.3 is 5.32 Å². The first-order valence-electron chi connectivity index (χ1n) is 7.61. The molecule has 1 N–H and O–H groups in total. The molecular formula is C17H27NS. The summed E-state index contributed by atoms with van der Waals surface area (Å²) in [6.07, 6.45) is 3.84. The summed E-state index contributed by atoms with van der Waals surface area (Å²) in [6.45, 7) is 9.30. The van der Waals surface area contributed by atoms with Gasteiger partial charge in [0.2, 0.25) is 0 Å². The maximum atomic E-state index is 3.53. The lowest BCUT2D eigenvalue weighted by atomic mass is 10.0. The van der Waals surface area contributed by atoms with Gasteiger partial charge in [0.1, 0.15) is 0 Å². The SMILES string of the molecule is CC(C)Cc1ccc(SC2CCCNCC2C)cc1. The topological polar surface area (TPSA) is 12.0 Å². The van der Waals surface area contributed by atoms with Crippen molar-refractivity contribution in [1.82, 2.24) is 5.32 Å². The van der Waals surface area contributed by atoms with Crippen LogP contribution in [0.5, 0.6) is 0 Å². The van der Waals surface area contributed by atoms with Crippen LogP contribution in [0.3, 0.4) is 0 Å². The number of benzene rings is 1. The zero-order valence-electron chi connectivity index (χ0n) is 12.5. The minimum atomic E-state index is 0.742. The van der Waals surface area contributed by atoms with Gasteiger partial charge in [0.15, 0.2) is 0 Å². The quantitative estimate of drug-likeness (QED) is 0.877. The van der Waals surface area contributed by atoms with E-state index in [1.165, 1.54) is 42.8 Å². The van der Waals surface area contributed by atoms with Gasteiger partial charge in [-0.25, -0.2) is 0 Å². The first-order chi connectivity index (χ1) is 9.15. The van der Waals surface area contributed by atoms with Crippen LogP contribution in [0.15, 0.2) is 29.2 Å². The van der Waals surface area contributed by atoms with Crippen molar-refractivity contribution in [1.29, 1.82) is 0 Å². The van der Waals surface area contributed by atoms with Crippen molar-refractivity contribution in [2.75, 3.05) is 13.1 Å². The van der Waals surface area contributed by atoms with E-state index in [9.17, 15) is 0 Å². The van der Waals surface area contributed by atoms with Crippen LogP contribution >= 0.6 is 11.8 Å². The van der Waals surface area contributed by atoms with Crippen LogP contribution in [0.25, 0.3) is 0 Å². The number of nitrogens with one attached hydrogen (secondary N) is 1. The standard InChI is InChI=1S/C17H27NS/c1-13(2)11-15-6-8-16(9-7-15)19-17-5-4-10-18-12-14(17)3/h6-9,13-14,17-18H,4-5,10-12H2,1-3H3. The second-order valence-electron chi connectivity index (χ2n) is 6.22. The van der Waals surface area contributed by atoms with Gasteiger partial charge in [-0.2, -0.15) is 0 Å². The molecular weight excluding hydrogens is 250 g/mol. The van der Waals surface area contributed by atoms with Gasteiger partial charge in [-0.05, 0) is 61.9 Å². The van der Waals surface area contributed by atoms with E-state index in [4.69, 9.17) is 0 Å². The summed E-state index contributed by atoms with van der Waals surface area (Å²) < 4.78 is 0. The molecule has 0 aliphatic carbocycles. The third kappa shape index (κ3) is 4.85. The Morgan fingerprint density at radius 1 is 1.26 bits per heavy atom. The van der Waals surface area contributed by atoms with Gasteiger partial charge in [-0.15, -0.1) is 11.8 Å². The Bertz CT molecular complexity index is 371. The van der Waals surface area contributed by atoms with Crippen LogP contribution in [0, 0.1) is 11.8 Å². The monoisotopic (exact) mass is 277 g/mol. The van der Waals surface area contributed by atoms with Gasteiger partial charge in [-0.3, -0.25) is 0 Å². The van der Waals surface area contributed by atoms with Gasteiger partial charge in [0, 0.05) is 10.1 Å². The van der Waals surface area contributed by atoms with Gasteiger partial charge in [0.25, 0.3) is 0 Å². The van der Waals surface area contributed by atoms with Crippen LogP contribution in [-0.4, -0.2) is 18.3 Å². The van der Waals surface area contributed by atoms with E-state index in [0.717, 1.165) is 17.1 Å². The Labute approximate surface area is 122 Å². The van der Waals surface area contributed by atoms with Crippen molar-refractivity contribution < 1.29 is 0 Å². The van der Waals surface area contributed by atoms with Gasteiger partial charge >= 0.3 is 0 Å². The minimum Gasteiger partial charge on any atom is -0.316 e. The Morgan fingerprint density at radius 2 is 2.00 bits per heavy atom.